The largest absolute Gasteiger partial charge is 0.480 e. The van der Waals surface area contributed by atoms with E-state index in [1.54, 1.807) is 0 Å². The maximum absolute atomic E-state index is 12.5. The van der Waals surface area contributed by atoms with E-state index in [1.165, 1.54) is 31.2 Å². The van der Waals surface area contributed by atoms with Crippen LogP contribution in [0.2, 0.25) is 0 Å². The van der Waals surface area contributed by atoms with Gasteiger partial charge in [0.1, 0.15) is 18.1 Å². The number of carbonyl (C=O) groups excluding carboxylic acids is 2. The van der Waals surface area contributed by atoms with E-state index in [-0.39, 0.29) is 12.8 Å². The Morgan fingerprint density at radius 1 is 1.31 bits per heavy atom. The summed E-state index contributed by atoms with van der Waals surface area (Å²) in [5.74, 6) is -1.96. The average Bonchev–Trinajstić information content (AvgIpc) is 3.09. The lowest BCUT2D eigenvalue weighted by Gasteiger charge is -2.23. The van der Waals surface area contributed by atoms with Crippen molar-refractivity contribution in [2.45, 2.75) is 44.0 Å². The van der Waals surface area contributed by atoms with Crippen LogP contribution in [0, 0.1) is 0 Å². The number of hydrogen-bond donors (Lipinski definition) is 6. The number of carboxylic acid groups (broad SMARTS) is 1. The number of nitrogens with two attached hydrogens (primary N) is 1. The Bertz CT molecular complexity index is 595. The monoisotopic (exact) mass is 387 g/mol. The molecule has 0 spiro atoms. The Labute approximate surface area is 155 Å². The van der Waals surface area contributed by atoms with E-state index in [0.29, 0.717) is 11.4 Å². The Morgan fingerprint density at radius 2 is 1.96 bits per heavy atom. The zero-order valence-corrected chi connectivity index (χ0v) is 15.5. The number of nitrogens with one attached hydrogen (secondary N) is 3. The molecule has 0 aliphatic heterocycles. The van der Waals surface area contributed by atoms with E-state index in [1.807, 2.05) is 6.26 Å². The second-order valence-electron chi connectivity index (χ2n) is 5.79. The van der Waals surface area contributed by atoms with Crippen molar-refractivity contribution >= 4 is 29.5 Å². The van der Waals surface area contributed by atoms with Gasteiger partial charge in [-0.2, -0.15) is 11.8 Å². The molecule has 0 unspecified atom stereocenters. The van der Waals surface area contributed by atoms with Crippen molar-refractivity contribution in [1.29, 1.82) is 0 Å². The summed E-state index contributed by atoms with van der Waals surface area (Å²) in [4.78, 5) is 42.6. The predicted molar refractivity (Wildman–Crippen MR) is 96.4 cm³/mol. The van der Waals surface area contributed by atoms with Gasteiger partial charge < -0.3 is 31.6 Å². The first-order valence-corrected chi connectivity index (χ1v) is 9.39. The molecule has 1 rings (SSSR count). The third-order valence-electron chi connectivity index (χ3n) is 3.66. The molecule has 10 nitrogen and oxygen atoms in total. The summed E-state index contributed by atoms with van der Waals surface area (Å²) in [5, 5.41) is 23.6. The van der Waals surface area contributed by atoms with Gasteiger partial charge in [-0.25, -0.2) is 9.78 Å². The number of thioether (sulfide) groups is 1. The van der Waals surface area contributed by atoms with Crippen LogP contribution in [-0.2, 0) is 20.8 Å². The Hall–Kier alpha value is -2.11. The maximum Gasteiger partial charge on any atom is 0.326 e. The fourth-order valence-electron chi connectivity index (χ4n) is 2.08. The van der Waals surface area contributed by atoms with Crippen LogP contribution in [0.15, 0.2) is 12.5 Å². The van der Waals surface area contributed by atoms with E-state index in [0.717, 1.165) is 0 Å². The van der Waals surface area contributed by atoms with E-state index < -0.39 is 42.0 Å². The van der Waals surface area contributed by atoms with Crippen LogP contribution < -0.4 is 16.4 Å². The fourth-order valence-corrected chi connectivity index (χ4v) is 2.55. The van der Waals surface area contributed by atoms with Crippen molar-refractivity contribution in [3.8, 4) is 0 Å². The fraction of sp³-hybridized carbons (Fsp3) is 0.600. The zero-order chi connectivity index (χ0) is 19.7. The van der Waals surface area contributed by atoms with Crippen molar-refractivity contribution < 1.29 is 24.6 Å². The van der Waals surface area contributed by atoms with Gasteiger partial charge in [-0.15, -0.1) is 0 Å². The quantitative estimate of drug-likeness (QED) is 0.265. The molecule has 0 saturated heterocycles. The summed E-state index contributed by atoms with van der Waals surface area (Å²) >= 11 is 1.46. The van der Waals surface area contributed by atoms with E-state index in [4.69, 9.17) is 5.73 Å². The molecule has 1 aromatic rings. The third-order valence-corrected chi connectivity index (χ3v) is 4.30. The lowest BCUT2D eigenvalue weighted by molar-refractivity contribution is -0.142. The van der Waals surface area contributed by atoms with Crippen LogP contribution in [0.1, 0.15) is 19.0 Å². The molecule has 4 atom stereocenters. The lowest BCUT2D eigenvalue weighted by atomic mass is 10.1. The first-order chi connectivity index (χ1) is 12.3. The van der Waals surface area contributed by atoms with Crippen LogP contribution in [0.4, 0.5) is 0 Å². The number of aromatic amines is 1. The molecule has 26 heavy (non-hydrogen) atoms. The van der Waals surface area contributed by atoms with Crippen LogP contribution in [0.3, 0.4) is 0 Å². The summed E-state index contributed by atoms with van der Waals surface area (Å²) in [6.45, 7) is 1.36. The molecule has 1 aromatic heterocycles. The second-order valence-corrected chi connectivity index (χ2v) is 6.78. The number of imidazole rings is 1. The number of nitrogens with zero attached hydrogens (tertiary/aromatic N) is 1. The number of aliphatic hydroxyl groups excluding tert-OH is 1. The number of carboxylic acids is 1. The van der Waals surface area contributed by atoms with Crippen molar-refractivity contribution in [3.05, 3.63) is 18.2 Å². The Morgan fingerprint density at radius 3 is 2.46 bits per heavy atom. The number of carbonyl (C=O) groups is 3. The molecule has 0 fully saturated rings. The molecule has 0 aromatic carbocycles. The summed E-state index contributed by atoms with van der Waals surface area (Å²) < 4.78 is 0. The van der Waals surface area contributed by atoms with Gasteiger partial charge in [0.25, 0.3) is 0 Å². The average molecular weight is 387 g/mol. The molecule has 146 valence electrons. The number of aromatic nitrogens is 2. The van der Waals surface area contributed by atoms with Crippen LogP contribution in [0.5, 0.6) is 0 Å². The highest BCUT2D eigenvalue weighted by molar-refractivity contribution is 7.98. The summed E-state index contributed by atoms with van der Waals surface area (Å²) in [6, 6.07) is -3.34. The van der Waals surface area contributed by atoms with Crippen LogP contribution in [-0.4, -0.2) is 74.2 Å². The van der Waals surface area contributed by atoms with Crippen LogP contribution >= 0.6 is 11.8 Å². The highest BCUT2D eigenvalue weighted by Crippen LogP contribution is 2.04. The summed E-state index contributed by atoms with van der Waals surface area (Å²) in [7, 11) is 0. The van der Waals surface area contributed by atoms with Gasteiger partial charge in [0, 0.05) is 18.3 Å². The molecule has 2 amide bonds. The van der Waals surface area contributed by atoms with Gasteiger partial charge in [0.15, 0.2) is 0 Å². The second kappa shape index (κ2) is 10.8. The third kappa shape index (κ3) is 7.02. The number of H-pyrrole nitrogens is 1. The standard InChI is InChI=1S/C15H25N5O5S/c1-8(21)12(16)14(23)20-11(5-9-6-17-7-18-9)13(22)19-10(15(24)25)3-4-26-2/h6-8,10-12,21H,3-5,16H2,1-2H3,(H,17,18)(H,19,22)(H,20,23)(H,24,25)/t8-,10+,11+,12+/m1/s1. The van der Waals surface area contributed by atoms with Gasteiger partial charge in [-0.1, -0.05) is 0 Å². The summed E-state index contributed by atoms with van der Waals surface area (Å²) in [6.07, 6.45) is 3.97. The predicted octanol–water partition coefficient (Wildman–Crippen LogP) is -1.53. The minimum absolute atomic E-state index is 0.0684. The number of rotatable bonds is 11. The van der Waals surface area contributed by atoms with Gasteiger partial charge in [0.2, 0.25) is 11.8 Å². The van der Waals surface area contributed by atoms with Crippen molar-refractivity contribution in [1.82, 2.24) is 20.6 Å². The van der Waals surface area contributed by atoms with Gasteiger partial charge >= 0.3 is 5.97 Å². The summed E-state index contributed by atoms with van der Waals surface area (Å²) in [5.41, 5.74) is 6.16. The van der Waals surface area contributed by atoms with Crippen molar-refractivity contribution in [2.75, 3.05) is 12.0 Å². The smallest absolute Gasteiger partial charge is 0.326 e. The van der Waals surface area contributed by atoms with Crippen molar-refractivity contribution in [3.63, 3.8) is 0 Å². The SMILES string of the molecule is CSCC[C@H](NC(=O)[C@H](Cc1cnc[nH]1)NC(=O)[C@@H](N)[C@@H](C)O)C(=O)O. The van der Waals surface area contributed by atoms with Gasteiger partial charge in [-0.05, 0) is 25.4 Å². The molecule has 0 aliphatic rings. The normalized spacial score (nSPS) is 15.5. The highest BCUT2D eigenvalue weighted by atomic mass is 32.2. The van der Waals surface area contributed by atoms with E-state index in [9.17, 15) is 24.6 Å². The first-order valence-electron chi connectivity index (χ1n) is 7.99. The van der Waals surface area contributed by atoms with E-state index in [2.05, 4.69) is 20.6 Å². The molecule has 0 saturated carbocycles. The molecule has 11 heteroatoms. The molecule has 0 radical (unpaired) electrons. The van der Waals surface area contributed by atoms with Crippen molar-refractivity contribution in [2.24, 2.45) is 5.73 Å². The van der Waals surface area contributed by atoms with Crippen LogP contribution in [0.25, 0.3) is 0 Å². The zero-order valence-electron chi connectivity index (χ0n) is 14.6. The Balaban J connectivity index is 2.86. The molecule has 7 N–H and O–H groups in total. The van der Waals surface area contributed by atoms with Gasteiger partial charge in [-0.3, -0.25) is 9.59 Å². The topological polar surface area (TPSA) is 170 Å². The molecular weight excluding hydrogens is 362 g/mol. The minimum Gasteiger partial charge on any atom is -0.480 e. The minimum atomic E-state index is -1.21. The molecule has 1 heterocycles. The highest BCUT2D eigenvalue weighted by Gasteiger charge is 2.29. The maximum atomic E-state index is 12.5. The molecule has 0 bridgehead atoms. The number of hydrogen-bond acceptors (Lipinski definition) is 7. The van der Waals surface area contributed by atoms with E-state index >= 15 is 0 Å². The first kappa shape index (κ1) is 21.9. The number of aliphatic carboxylic acids is 1. The molecular formula is C15H25N5O5S. The Kier molecular flexibility index (Phi) is 9.10. The lowest BCUT2D eigenvalue weighted by Crippen LogP contribution is -2.57. The molecule has 0 aliphatic carbocycles. The van der Waals surface area contributed by atoms with Gasteiger partial charge in [0.05, 0.1) is 12.4 Å². The number of amides is 2. The number of aliphatic hydroxyl groups is 1.